The number of rotatable bonds is 5. The second-order valence-electron chi connectivity index (χ2n) is 8.61. The minimum Gasteiger partial charge on any atom is -0.507 e. The van der Waals surface area contributed by atoms with Gasteiger partial charge in [0.05, 0.1) is 23.5 Å². The summed E-state index contributed by atoms with van der Waals surface area (Å²) < 4.78 is 52.6. The van der Waals surface area contributed by atoms with Crippen molar-refractivity contribution in [1.82, 2.24) is 0 Å². The zero-order valence-corrected chi connectivity index (χ0v) is 18.6. The van der Waals surface area contributed by atoms with Gasteiger partial charge >= 0.3 is 6.18 Å². The second kappa shape index (κ2) is 9.09. The maximum absolute atomic E-state index is 14.0. The number of alkyl halides is 3. The molecule has 0 aliphatic carbocycles. The number of benzene rings is 2. The highest BCUT2D eigenvalue weighted by molar-refractivity contribution is 5.83. The van der Waals surface area contributed by atoms with Gasteiger partial charge in [0.1, 0.15) is 18.0 Å². The molecule has 2 aromatic carbocycles. The first-order valence-corrected chi connectivity index (χ1v) is 11.2. The van der Waals surface area contributed by atoms with Gasteiger partial charge in [-0.15, -0.1) is 0 Å². The molecule has 1 fully saturated rings. The number of ether oxygens (including phenoxy) is 1. The van der Waals surface area contributed by atoms with Crippen molar-refractivity contribution < 1.29 is 32.3 Å². The van der Waals surface area contributed by atoms with Gasteiger partial charge in [-0.05, 0) is 62.4 Å². The summed E-state index contributed by atoms with van der Waals surface area (Å²) in [5.74, 6) is -2.49. The van der Waals surface area contributed by atoms with Crippen molar-refractivity contribution in [3.8, 4) is 17.2 Å². The van der Waals surface area contributed by atoms with Crippen molar-refractivity contribution in [2.45, 2.75) is 58.3 Å². The molecule has 1 saturated heterocycles. The molecular weight excluding hydrogens is 435 g/mol. The second-order valence-corrected chi connectivity index (χ2v) is 8.61. The Labute approximate surface area is 189 Å². The van der Waals surface area contributed by atoms with Gasteiger partial charge in [-0.25, -0.2) is 0 Å². The number of aryl methyl sites for hydroxylation is 1. The standard InChI is InChI=1S/C25H26F3NO4/c1-3-16-7-9-17(10-8-16)32-23-21(31)18-11-12-20(30)19(14-29-13-5-4-6-15(29)2)22(18)33-24(23)25(26,27)28/h7-12,15,30H,3-6,13-14H2,1-2H3/p+1/t15-/m0/s1. The van der Waals surface area contributed by atoms with Crippen LogP contribution in [-0.4, -0.2) is 17.7 Å². The van der Waals surface area contributed by atoms with E-state index in [4.69, 9.17) is 9.15 Å². The summed E-state index contributed by atoms with van der Waals surface area (Å²) in [5.41, 5.74) is 0.0218. The number of halogens is 3. The van der Waals surface area contributed by atoms with Crippen LogP contribution in [0, 0.1) is 0 Å². The van der Waals surface area contributed by atoms with E-state index >= 15 is 0 Å². The number of likely N-dealkylation sites (tertiary alicyclic amines) is 1. The fourth-order valence-electron chi connectivity index (χ4n) is 4.39. The Hall–Kier alpha value is -3.00. The molecule has 5 nitrogen and oxygen atoms in total. The predicted octanol–water partition coefficient (Wildman–Crippen LogP) is 4.83. The van der Waals surface area contributed by atoms with Crippen molar-refractivity contribution >= 4 is 11.0 Å². The van der Waals surface area contributed by atoms with Gasteiger partial charge in [0.2, 0.25) is 11.2 Å². The van der Waals surface area contributed by atoms with Crippen LogP contribution in [0.15, 0.2) is 45.6 Å². The van der Waals surface area contributed by atoms with Crippen LogP contribution in [0.5, 0.6) is 17.2 Å². The molecule has 0 saturated carbocycles. The molecule has 1 aliphatic heterocycles. The Balaban J connectivity index is 1.85. The number of nitrogens with one attached hydrogen (secondary N) is 1. The molecule has 0 radical (unpaired) electrons. The fraction of sp³-hybridized carbons (Fsp3) is 0.400. The number of piperidine rings is 1. The smallest absolute Gasteiger partial charge is 0.453 e. The molecule has 0 spiro atoms. The van der Waals surface area contributed by atoms with E-state index in [-0.39, 0.29) is 40.6 Å². The molecule has 4 rings (SSSR count). The molecule has 176 valence electrons. The van der Waals surface area contributed by atoms with Crippen LogP contribution in [0.1, 0.15) is 50.0 Å². The molecule has 2 N–H and O–H groups in total. The van der Waals surface area contributed by atoms with Crippen molar-refractivity contribution in [2.24, 2.45) is 0 Å². The average Bonchev–Trinajstić information content (AvgIpc) is 2.78. The quantitative estimate of drug-likeness (QED) is 0.570. The zero-order chi connectivity index (χ0) is 23.8. The van der Waals surface area contributed by atoms with Crippen LogP contribution in [0.4, 0.5) is 13.2 Å². The lowest BCUT2D eigenvalue weighted by atomic mass is 10.0. The molecule has 8 heteroatoms. The van der Waals surface area contributed by atoms with E-state index < -0.39 is 23.1 Å². The minimum absolute atomic E-state index is 0.0555. The van der Waals surface area contributed by atoms with Crippen molar-refractivity contribution in [2.75, 3.05) is 6.54 Å². The number of quaternary nitrogens is 1. The lowest BCUT2D eigenvalue weighted by molar-refractivity contribution is -0.941. The van der Waals surface area contributed by atoms with E-state index in [1.54, 1.807) is 12.1 Å². The maximum atomic E-state index is 14.0. The van der Waals surface area contributed by atoms with Crippen LogP contribution in [0.25, 0.3) is 11.0 Å². The minimum atomic E-state index is -4.96. The first-order chi connectivity index (χ1) is 15.7. The summed E-state index contributed by atoms with van der Waals surface area (Å²) >= 11 is 0. The highest BCUT2D eigenvalue weighted by atomic mass is 19.4. The molecule has 33 heavy (non-hydrogen) atoms. The molecular formula is C25H27F3NO4+. The first kappa shape index (κ1) is 23.2. The largest absolute Gasteiger partial charge is 0.507 e. The molecule has 0 bridgehead atoms. The van der Waals surface area contributed by atoms with E-state index in [9.17, 15) is 23.1 Å². The average molecular weight is 462 g/mol. The molecule has 2 heterocycles. The van der Waals surface area contributed by atoms with Gasteiger partial charge in [-0.2, -0.15) is 13.2 Å². The number of hydrogen-bond acceptors (Lipinski definition) is 4. The zero-order valence-electron chi connectivity index (χ0n) is 18.6. The summed E-state index contributed by atoms with van der Waals surface area (Å²) in [6, 6.07) is 9.39. The Morgan fingerprint density at radius 1 is 1.15 bits per heavy atom. The summed E-state index contributed by atoms with van der Waals surface area (Å²) in [4.78, 5) is 14.3. The van der Waals surface area contributed by atoms with Crippen LogP contribution >= 0.6 is 0 Å². The van der Waals surface area contributed by atoms with Crippen molar-refractivity contribution in [3.63, 3.8) is 0 Å². The lowest BCUT2D eigenvalue weighted by Gasteiger charge is -2.30. The van der Waals surface area contributed by atoms with Gasteiger partial charge in [0, 0.05) is 0 Å². The normalized spacial score (nSPS) is 19.1. The highest BCUT2D eigenvalue weighted by Gasteiger charge is 2.41. The molecule has 0 amide bonds. The molecule has 1 aliphatic rings. The summed E-state index contributed by atoms with van der Waals surface area (Å²) in [5, 5.41) is 10.4. The number of phenolic OH excluding ortho intramolecular Hbond substituents is 1. The first-order valence-electron chi connectivity index (χ1n) is 11.2. The topological polar surface area (TPSA) is 64.1 Å². The monoisotopic (exact) mass is 462 g/mol. The van der Waals surface area contributed by atoms with Gasteiger partial charge in [0.15, 0.2) is 5.58 Å². The Bertz CT molecular complexity index is 1200. The number of aromatic hydroxyl groups is 1. The van der Waals surface area contributed by atoms with Crippen LogP contribution in [0.3, 0.4) is 0 Å². The van der Waals surface area contributed by atoms with Crippen molar-refractivity contribution in [3.05, 3.63) is 63.5 Å². The third kappa shape index (κ3) is 4.71. The molecule has 3 aromatic rings. The van der Waals surface area contributed by atoms with E-state index in [2.05, 4.69) is 6.92 Å². The third-order valence-electron chi connectivity index (χ3n) is 6.39. The van der Waals surface area contributed by atoms with Crippen LogP contribution in [-0.2, 0) is 19.1 Å². The van der Waals surface area contributed by atoms with E-state index in [0.717, 1.165) is 42.7 Å². The molecule has 1 aromatic heterocycles. The fourth-order valence-corrected chi connectivity index (χ4v) is 4.39. The lowest BCUT2D eigenvalue weighted by Crippen LogP contribution is -3.14. The molecule has 2 atom stereocenters. The predicted molar refractivity (Wildman–Crippen MR) is 118 cm³/mol. The van der Waals surface area contributed by atoms with Gasteiger partial charge in [0.25, 0.3) is 5.76 Å². The maximum Gasteiger partial charge on any atom is 0.453 e. The number of phenols is 1. The summed E-state index contributed by atoms with van der Waals surface area (Å²) in [6.07, 6.45) is -1.11. The third-order valence-corrected chi connectivity index (χ3v) is 6.39. The highest BCUT2D eigenvalue weighted by Crippen LogP contribution is 2.39. The van der Waals surface area contributed by atoms with E-state index in [1.807, 2.05) is 6.92 Å². The number of hydrogen-bond donors (Lipinski definition) is 2. The van der Waals surface area contributed by atoms with Gasteiger partial charge in [-0.3, -0.25) is 4.79 Å². The molecule has 1 unspecified atom stereocenters. The number of fused-ring (bicyclic) bond motifs is 1. The summed E-state index contributed by atoms with van der Waals surface area (Å²) in [7, 11) is 0. The van der Waals surface area contributed by atoms with Crippen molar-refractivity contribution in [1.29, 1.82) is 0 Å². The van der Waals surface area contributed by atoms with Gasteiger partial charge in [-0.1, -0.05) is 19.1 Å². The van der Waals surface area contributed by atoms with Crippen LogP contribution in [0.2, 0.25) is 0 Å². The Morgan fingerprint density at radius 2 is 1.88 bits per heavy atom. The van der Waals surface area contributed by atoms with Crippen LogP contribution < -0.4 is 15.1 Å². The van der Waals surface area contributed by atoms with E-state index in [0.29, 0.717) is 0 Å². The SMILES string of the molecule is CCc1ccc(Oc2c(C(F)(F)F)oc3c(C[NH+]4CCCC[C@@H]4C)c(O)ccc3c2=O)cc1. The van der Waals surface area contributed by atoms with Gasteiger partial charge < -0.3 is 19.2 Å². The Morgan fingerprint density at radius 3 is 2.52 bits per heavy atom. The Kier molecular flexibility index (Phi) is 6.38. The summed E-state index contributed by atoms with van der Waals surface area (Å²) in [6.45, 7) is 5.13. The van der Waals surface area contributed by atoms with E-state index in [1.165, 1.54) is 24.3 Å².